The van der Waals surface area contributed by atoms with E-state index >= 15 is 0 Å². The molecule has 0 aromatic heterocycles. The molecule has 0 saturated carbocycles. The van der Waals surface area contributed by atoms with Crippen molar-refractivity contribution in [2.75, 3.05) is 0 Å². The molecule has 7 heavy (non-hydrogen) atoms. The zero-order valence-electron chi connectivity index (χ0n) is 2.95. The molecule has 0 aromatic rings. The fraction of sp³-hybridized carbons (Fsp3) is 0. The van der Waals surface area contributed by atoms with Gasteiger partial charge >= 0.3 is 39.9 Å². The third-order valence-electron chi connectivity index (χ3n) is 0. The summed E-state index contributed by atoms with van der Waals surface area (Å²) in [6.45, 7) is 0. The number of hydrogen-bond acceptors (Lipinski definition) is 4. The molecule has 0 heterocycles. The molecule has 0 aromatic carbocycles. The largest absolute Gasteiger partial charge is 4.00 e. The average Bonchev–Trinajstić information content (AvgIpc) is 0.722. The van der Waals surface area contributed by atoms with Crippen LogP contribution in [0, 0.1) is 39.9 Å². The van der Waals surface area contributed by atoms with Gasteiger partial charge in [-0.25, -0.2) is 0 Å². The van der Waals surface area contributed by atoms with Crippen molar-refractivity contribution in [2.45, 2.75) is 0 Å². The van der Waals surface area contributed by atoms with Gasteiger partial charge in [-0.15, -0.1) is 0 Å². The first-order valence-electron chi connectivity index (χ1n) is 0.667. The van der Waals surface area contributed by atoms with Crippen LogP contribution in [-0.4, -0.2) is 17.5 Å². The standard InChI is InChI=1S/H2O4S.O.Th/c1-5(2,3)4;;/h(H2,1,2,3,4);;/q;-2;+4/p-2. The Morgan fingerprint density at radius 3 is 1.14 bits per heavy atom. The summed E-state index contributed by atoms with van der Waals surface area (Å²) < 4.78 is 34.1. The van der Waals surface area contributed by atoms with Crippen LogP contribution in [0.2, 0.25) is 0 Å². The third-order valence-corrected chi connectivity index (χ3v) is 0. The first-order chi connectivity index (χ1) is 2.00. The number of rotatable bonds is 0. The summed E-state index contributed by atoms with van der Waals surface area (Å²) in [5, 5.41) is 0. The van der Waals surface area contributed by atoms with Crippen molar-refractivity contribution in [3.8, 4) is 0 Å². The minimum Gasteiger partial charge on any atom is -2.00 e. The Balaban J connectivity index is -0.0000000800. The summed E-state index contributed by atoms with van der Waals surface area (Å²) in [7, 11) is -5.17. The zero-order valence-corrected chi connectivity index (χ0v) is 7.88. The Morgan fingerprint density at radius 2 is 1.14 bits per heavy atom. The molecular weight excluding hydrogens is 344 g/mol. The maximum Gasteiger partial charge on any atom is 4.00 e. The van der Waals surface area contributed by atoms with E-state index in [9.17, 15) is 0 Å². The van der Waals surface area contributed by atoms with E-state index in [-0.39, 0.29) is 45.4 Å². The molecule has 0 unspecified atom stereocenters. The van der Waals surface area contributed by atoms with Gasteiger partial charge in [-0.1, -0.05) is 0 Å². The zero-order chi connectivity index (χ0) is 4.50. The molecule has 0 saturated heterocycles. The quantitative estimate of drug-likeness (QED) is 0.395. The van der Waals surface area contributed by atoms with E-state index in [2.05, 4.69) is 0 Å². The van der Waals surface area contributed by atoms with E-state index in [0.717, 1.165) is 0 Å². The molecule has 0 aliphatic rings. The second-order valence-corrected chi connectivity index (χ2v) is 1.22. The van der Waals surface area contributed by atoms with E-state index in [1.807, 2.05) is 0 Å². The summed E-state index contributed by atoms with van der Waals surface area (Å²) in [5.74, 6) is 0. The monoisotopic (exact) mass is 344 g/mol. The molecule has 0 spiro atoms. The molecule has 0 fully saturated rings. The summed E-state index contributed by atoms with van der Waals surface area (Å²) in [6, 6.07) is 0. The molecule has 0 amide bonds. The van der Waals surface area contributed by atoms with Crippen molar-refractivity contribution in [3.05, 3.63) is 0 Å². The van der Waals surface area contributed by atoms with E-state index in [1.54, 1.807) is 0 Å². The van der Waals surface area contributed by atoms with E-state index in [1.165, 1.54) is 0 Å². The molecule has 0 N–H and O–H groups in total. The molecular formula is O5STh. The van der Waals surface area contributed by atoms with Gasteiger partial charge in [-0.2, -0.15) is 0 Å². The van der Waals surface area contributed by atoms with Crippen molar-refractivity contribution in [3.63, 3.8) is 0 Å². The minimum absolute atomic E-state index is 0. The Morgan fingerprint density at radius 1 is 1.14 bits per heavy atom. The van der Waals surface area contributed by atoms with Crippen LogP contribution in [0.3, 0.4) is 0 Å². The van der Waals surface area contributed by atoms with Crippen molar-refractivity contribution in [1.82, 2.24) is 0 Å². The first kappa shape index (κ1) is 15.7. The maximum absolute atomic E-state index is 8.52. The summed E-state index contributed by atoms with van der Waals surface area (Å²) in [5.41, 5.74) is 0. The second kappa shape index (κ2) is 5.29. The number of hydrogen-bond donors (Lipinski definition) is 0. The average molecular weight is 344 g/mol. The van der Waals surface area contributed by atoms with Gasteiger partial charge in [0.25, 0.3) is 0 Å². The van der Waals surface area contributed by atoms with Crippen molar-refractivity contribution >= 4 is 10.4 Å². The maximum atomic E-state index is 8.52. The van der Waals surface area contributed by atoms with Gasteiger partial charge in [0.05, 0.1) is 0 Å². The molecule has 0 aliphatic heterocycles. The SMILES string of the molecule is O=S(=O)([O-])[O-].[O-2].[Th+4]. The van der Waals surface area contributed by atoms with Gasteiger partial charge in [0, 0.05) is 10.4 Å². The summed E-state index contributed by atoms with van der Waals surface area (Å²) in [6.07, 6.45) is 0. The van der Waals surface area contributed by atoms with E-state index in [0.29, 0.717) is 0 Å². The topological polar surface area (TPSA) is 109 Å². The Kier molecular flexibility index (Phi) is 11.9. The Labute approximate surface area is 72.7 Å². The predicted molar refractivity (Wildman–Crippen MR) is 11.2 cm³/mol. The minimum atomic E-state index is -5.17. The second-order valence-electron chi connectivity index (χ2n) is 0.408. The summed E-state index contributed by atoms with van der Waals surface area (Å²) in [4.78, 5) is 0. The van der Waals surface area contributed by atoms with Crippen molar-refractivity contribution < 1.29 is 62.9 Å². The van der Waals surface area contributed by atoms with Gasteiger partial charge in [-0.3, -0.25) is 8.42 Å². The van der Waals surface area contributed by atoms with E-state index in [4.69, 9.17) is 17.5 Å². The van der Waals surface area contributed by atoms with Gasteiger partial charge in [0.2, 0.25) is 0 Å². The molecule has 0 radical (unpaired) electrons. The molecule has 40 valence electrons. The van der Waals surface area contributed by atoms with Crippen molar-refractivity contribution in [2.24, 2.45) is 0 Å². The molecule has 0 bridgehead atoms. The first-order valence-corrected chi connectivity index (χ1v) is 2.00. The molecule has 5 nitrogen and oxygen atoms in total. The van der Waals surface area contributed by atoms with Crippen LogP contribution in [0.15, 0.2) is 0 Å². The smallest absolute Gasteiger partial charge is 2.00 e. The van der Waals surface area contributed by atoms with Crippen LogP contribution in [0.1, 0.15) is 0 Å². The van der Waals surface area contributed by atoms with Crippen LogP contribution in [-0.2, 0) is 15.9 Å². The van der Waals surface area contributed by atoms with Crippen LogP contribution in [0.4, 0.5) is 0 Å². The fourth-order valence-electron chi connectivity index (χ4n) is 0. The van der Waals surface area contributed by atoms with Gasteiger partial charge in [0.1, 0.15) is 0 Å². The van der Waals surface area contributed by atoms with Crippen LogP contribution in [0.25, 0.3) is 0 Å². The summed E-state index contributed by atoms with van der Waals surface area (Å²) >= 11 is 0. The van der Waals surface area contributed by atoms with Gasteiger partial charge < -0.3 is 14.6 Å². The van der Waals surface area contributed by atoms with Crippen molar-refractivity contribution in [1.29, 1.82) is 0 Å². The van der Waals surface area contributed by atoms with Gasteiger partial charge in [0.15, 0.2) is 0 Å². The van der Waals surface area contributed by atoms with Crippen LogP contribution < -0.4 is 0 Å². The molecule has 0 atom stereocenters. The third kappa shape index (κ3) is 143. The molecule has 7 heteroatoms. The molecule has 0 rings (SSSR count). The van der Waals surface area contributed by atoms with Gasteiger partial charge in [-0.05, 0) is 0 Å². The normalized spacial score (nSPS) is 8.29. The van der Waals surface area contributed by atoms with Crippen LogP contribution in [0.5, 0.6) is 0 Å². The Bertz CT molecular complexity index is 91.2. The Hall–Kier alpha value is 1.15. The van der Waals surface area contributed by atoms with Crippen LogP contribution >= 0.6 is 0 Å². The van der Waals surface area contributed by atoms with E-state index < -0.39 is 10.4 Å². The predicted octanol–water partition coefficient (Wildman–Crippen LogP) is -1.46. The molecule has 0 aliphatic carbocycles. The fourth-order valence-corrected chi connectivity index (χ4v) is 0.